The zero-order valence-corrected chi connectivity index (χ0v) is 9.38. The number of alkyl halides is 1. The highest BCUT2D eigenvalue weighted by Gasteiger charge is 2.40. The third kappa shape index (κ3) is 3.12. The molecule has 3 atom stereocenters. The zero-order chi connectivity index (χ0) is 9.84. The maximum absolute atomic E-state index is 5.95. The van der Waals surface area contributed by atoms with Gasteiger partial charge in [0, 0.05) is 13.7 Å². The maximum Gasteiger partial charge on any atom is 0.0997 e. The molecule has 0 spiro atoms. The Hall–Kier alpha value is 0.210. The molecule has 1 aliphatic carbocycles. The second-order valence-electron chi connectivity index (χ2n) is 4.04. The van der Waals surface area contributed by atoms with Crippen LogP contribution in [-0.4, -0.2) is 31.3 Å². The average molecular weight is 207 g/mol. The van der Waals surface area contributed by atoms with Crippen LogP contribution in [0.3, 0.4) is 0 Å². The quantitative estimate of drug-likeness (QED) is 0.644. The van der Waals surface area contributed by atoms with Gasteiger partial charge in [-0.25, -0.2) is 0 Å². The lowest BCUT2D eigenvalue weighted by Gasteiger charge is -2.39. The molecule has 13 heavy (non-hydrogen) atoms. The summed E-state index contributed by atoms with van der Waals surface area (Å²) in [5.74, 6) is 0.702. The summed E-state index contributed by atoms with van der Waals surface area (Å²) in [7, 11) is 1.69. The van der Waals surface area contributed by atoms with Crippen LogP contribution in [0.25, 0.3) is 0 Å². The van der Waals surface area contributed by atoms with Crippen LogP contribution < -0.4 is 0 Å². The fraction of sp³-hybridized carbons (Fsp3) is 1.00. The van der Waals surface area contributed by atoms with Gasteiger partial charge in [-0.3, -0.25) is 0 Å². The Labute approximate surface area is 85.5 Å². The van der Waals surface area contributed by atoms with E-state index in [4.69, 9.17) is 21.1 Å². The molecule has 0 radical (unpaired) electrons. The lowest BCUT2D eigenvalue weighted by atomic mass is 9.91. The van der Waals surface area contributed by atoms with Gasteiger partial charge in [0.2, 0.25) is 0 Å². The van der Waals surface area contributed by atoms with Crippen LogP contribution in [0.2, 0.25) is 0 Å². The van der Waals surface area contributed by atoms with Gasteiger partial charge < -0.3 is 9.47 Å². The molecule has 1 saturated carbocycles. The molecule has 1 rings (SSSR count). The van der Waals surface area contributed by atoms with Crippen LogP contribution in [-0.2, 0) is 9.47 Å². The van der Waals surface area contributed by atoms with Crippen molar-refractivity contribution in [3.05, 3.63) is 0 Å². The molecule has 0 saturated heterocycles. The summed E-state index contributed by atoms with van der Waals surface area (Å²) in [6, 6.07) is 0. The van der Waals surface area contributed by atoms with Crippen molar-refractivity contribution in [1.29, 1.82) is 0 Å². The van der Waals surface area contributed by atoms with Gasteiger partial charge in [-0.1, -0.05) is 13.8 Å². The van der Waals surface area contributed by atoms with E-state index in [9.17, 15) is 0 Å². The number of hydrogen-bond donors (Lipinski definition) is 0. The standard InChI is InChI=1S/C10H19ClO2/c1-7(2)4-5-13-9-6-8(11)10(9)12-3/h7-10H,4-6H2,1-3H3. The first-order valence-electron chi connectivity index (χ1n) is 4.93. The summed E-state index contributed by atoms with van der Waals surface area (Å²) in [6.07, 6.45) is 2.37. The second kappa shape index (κ2) is 5.18. The first kappa shape index (κ1) is 11.3. The summed E-state index contributed by atoms with van der Waals surface area (Å²) in [4.78, 5) is 0. The van der Waals surface area contributed by atoms with Gasteiger partial charge in [0.25, 0.3) is 0 Å². The van der Waals surface area contributed by atoms with Crippen molar-refractivity contribution in [2.45, 2.75) is 44.3 Å². The number of hydrogen-bond acceptors (Lipinski definition) is 2. The van der Waals surface area contributed by atoms with E-state index in [0.717, 1.165) is 19.4 Å². The van der Waals surface area contributed by atoms with E-state index >= 15 is 0 Å². The van der Waals surface area contributed by atoms with E-state index in [0.29, 0.717) is 5.92 Å². The summed E-state index contributed by atoms with van der Waals surface area (Å²) in [5, 5.41) is 0.147. The first-order valence-corrected chi connectivity index (χ1v) is 5.37. The number of ether oxygens (including phenoxy) is 2. The SMILES string of the molecule is COC1C(Cl)CC1OCCC(C)C. The molecule has 0 amide bonds. The second-order valence-corrected chi connectivity index (χ2v) is 4.60. The molecule has 0 heterocycles. The number of halogens is 1. The topological polar surface area (TPSA) is 18.5 Å². The maximum atomic E-state index is 5.95. The summed E-state index contributed by atoms with van der Waals surface area (Å²) >= 11 is 5.95. The Morgan fingerprint density at radius 1 is 1.46 bits per heavy atom. The Morgan fingerprint density at radius 2 is 2.15 bits per heavy atom. The lowest BCUT2D eigenvalue weighted by molar-refractivity contribution is -0.111. The van der Waals surface area contributed by atoms with Gasteiger partial charge >= 0.3 is 0 Å². The minimum Gasteiger partial charge on any atom is -0.377 e. The molecular formula is C10H19ClO2. The predicted octanol–water partition coefficient (Wildman–Crippen LogP) is 2.44. The van der Waals surface area contributed by atoms with E-state index in [2.05, 4.69) is 13.8 Å². The van der Waals surface area contributed by atoms with Gasteiger partial charge in [0.1, 0.15) is 0 Å². The third-order valence-corrected chi connectivity index (χ3v) is 2.91. The molecule has 0 N–H and O–H groups in total. The number of rotatable bonds is 5. The summed E-state index contributed by atoms with van der Waals surface area (Å²) < 4.78 is 10.9. The van der Waals surface area contributed by atoms with E-state index in [1.165, 1.54) is 0 Å². The van der Waals surface area contributed by atoms with Gasteiger partial charge in [0.05, 0.1) is 17.6 Å². The van der Waals surface area contributed by atoms with Crippen molar-refractivity contribution in [3.63, 3.8) is 0 Å². The molecule has 0 aromatic heterocycles. The van der Waals surface area contributed by atoms with Crippen molar-refractivity contribution >= 4 is 11.6 Å². The van der Waals surface area contributed by atoms with Crippen LogP contribution in [0.5, 0.6) is 0 Å². The molecule has 0 aromatic rings. The third-order valence-electron chi connectivity index (χ3n) is 2.48. The molecule has 1 aliphatic rings. The van der Waals surface area contributed by atoms with E-state index in [1.807, 2.05) is 0 Å². The molecule has 3 heteroatoms. The minimum atomic E-state index is 0.105. The van der Waals surface area contributed by atoms with Crippen LogP contribution in [0.15, 0.2) is 0 Å². The Morgan fingerprint density at radius 3 is 2.62 bits per heavy atom. The van der Waals surface area contributed by atoms with E-state index in [-0.39, 0.29) is 17.6 Å². The van der Waals surface area contributed by atoms with Crippen LogP contribution >= 0.6 is 11.6 Å². The lowest BCUT2D eigenvalue weighted by Crippen LogP contribution is -2.50. The molecule has 0 aliphatic heterocycles. The fourth-order valence-electron chi connectivity index (χ4n) is 1.44. The minimum absolute atomic E-state index is 0.105. The Bertz CT molecular complexity index is 150. The molecule has 2 nitrogen and oxygen atoms in total. The van der Waals surface area contributed by atoms with Gasteiger partial charge in [-0.15, -0.1) is 11.6 Å². The first-order chi connectivity index (χ1) is 6.15. The molecule has 1 fully saturated rings. The van der Waals surface area contributed by atoms with Crippen LogP contribution in [0.4, 0.5) is 0 Å². The van der Waals surface area contributed by atoms with Crippen molar-refractivity contribution in [1.82, 2.24) is 0 Å². The highest BCUT2D eigenvalue weighted by Crippen LogP contribution is 2.31. The van der Waals surface area contributed by atoms with Crippen molar-refractivity contribution < 1.29 is 9.47 Å². The molecule has 78 valence electrons. The number of methoxy groups -OCH3 is 1. The zero-order valence-electron chi connectivity index (χ0n) is 8.63. The van der Waals surface area contributed by atoms with E-state index < -0.39 is 0 Å². The molecule has 0 bridgehead atoms. The molecule has 0 aromatic carbocycles. The van der Waals surface area contributed by atoms with E-state index in [1.54, 1.807) is 7.11 Å². The summed E-state index contributed by atoms with van der Waals surface area (Å²) in [5.41, 5.74) is 0. The van der Waals surface area contributed by atoms with Crippen molar-refractivity contribution in [2.75, 3.05) is 13.7 Å². The monoisotopic (exact) mass is 206 g/mol. The Balaban J connectivity index is 2.09. The van der Waals surface area contributed by atoms with Crippen molar-refractivity contribution in [2.24, 2.45) is 5.92 Å². The Kier molecular flexibility index (Phi) is 4.50. The van der Waals surface area contributed by atoms with Gasteiger partial charge in [-0.05, 0) is 18.8 Å². The molecular weight excluding hydrogens is 188 g/mol. The molecule has 3 unspecified atom stereocenters. The van der Waals surface area contributed by atoms with Crippen LogP contribution in [0.1, 0.15) is 26.7 Å². The van der Waals surface area contributed by atoms with Gasteiger partial charge in [-0.2, -0.15) is 0 Å². The largest absolute Gasteiger partial charge is 0.377 e. The van der Waals surface area contributed by atoms with Crippen LogP contribution in [0, 0.1) is 5.92 Å². The van der Waals surface area contributed by atoms with Gasteiger partial charge in [0.15, 0.2) is 0 Å². The van der Waals surface area contributed by atoms with Crippen molar-refractivity contribution in [3.8, 4) is 0 Å². The predicted molar refractivity (Wildman–Crippen MR) is 54.3 cm³/mol. The normalized spacial score (nSPS) is 33.5. The average Bonchev–Trinajstić information content (AvgIpc) is 2.02. The smallest absolute Gasteiger partial charge is 0.0997 e. The fourth-order valence-corrected chi connectivity index (χ4v) is 1.89. The highest BCUT2D eigenvalue weighted by atomic mass is 35.5. The highest BCUT2D eigenvalue weighted by molar-refractivity contribution is 6.21. The summed E-state index contributed by atoms with van der Waals surface area (Å²) in [6.45, 7) is 5.22.